The summed E-state index contributed by atoms with van der Waals surface area (Å²) in [4.78, 5) is 0.0156. The molecular weight excluding hydrogens is 221 g/mol. The molecule has 0 atom stereocenters. The van der Waals surface area contributed by atoms with Gasteiger partial charge in [0.25, 0.3) is 0 Å². The highest BCUT2D eigenvalue weighted by atomic mass is 32.2. The van der Waals surface area contributed by atoms with Gasteiger partial charge in [0, 0.05) is 13.2 Å². The highest BCUT2D eigenvalue weighted by Gasteiger charge is 2.12. The van der Waals surface area contributed by atoms with Crippen LogP contribution in [0.2, 0.25) is 0 Å². The molecule has 0 aromatic heterocycles. The van der Waals surface area contributed by atoms with Crippen molar-refractivity contribution in [3.8, 4) is 0 Å². The zero-order valence-electron chi connectivity index (χ0n) is 7.98. The predicted octanol–water partition coefficient (Wildman–Crippen LogP) is 0.486. The van der Waals surface area contributed by atoms with Crippen molar-refractivity contribution in [2.45, 2.75) is 11.3 Å². The Morgan fingerprint density at radius 2 is 1.87 bits per heavy atom. The van der Waals surface area contributed by atoms with Crippen LogP contribution in [0.25, 0.3) is 0 Å². The molecule has 1 rings (SSSR count). The van der Waals surface area contributed by atoms with Gasteiger partial charge in [-0.15, -0.1) is 0 Å². The van der Waals surface area contributed by atoms with Gasteiger partial charge in [0.1, 0.15) is 5.82 Å². The lowest BCUT2D eigenvalue weighted by molar-refractivity contribution is 0.289. The molecule has 84 valence electrons. The van der Waals surface area contributed by atoms with Crippen LogP contribution in [0, 0.1) is 5.82 Å². The Balaban J connectivity index is 2.73. The molecule has 1 aromatic carbocycles. The fraction of sp³-hybridized carbons (Fsp3) is 0.333. The molecule has 0 aliphatic rings. The predicted molar refractivity (Wildman–Crippen MR) is 53.3 cm³/mol. The SMILES string of the molecule is O=S(=O)(NCCCO)c1ccc(F)cc1. The molecular formula is C9H12FNO3S. The third-order valence-electron chi connectivity index (χ3n) is 1.75. The number of sulfonamides is 1. The van der Waals surface area contributed by atoms with E-state index in [9.17, 15) is 12.8 Å². The van der Waals surface area contributed by atoms with Crippen molar-refractivity contribution in [3.63, 3.8) is 0 Å². The number of aliphatic hydroxyl groups is 1. The summed E-state index contributed by atoms with van der Waals surface area (Å²) in [6.07, 6.45) is 0.348. The summed E-state index contributed by atoms with van der Waals surface area (Å²) in [5.74, 6) is -0.482. The number of hydrogen-bond donors (Lipinski definition) is 2. The van der Waals surface area contributed by atoms with Crippen LogP contribution in [-0.2, 0) is 10.0 Å². The highest BCUT2D eigenvalue weighted by molar-refractivity contribution is 7.89. The van der Waals surface area contributed by atoms with Crippen LogP contribution in [0.5, 0.6) is 0 Å². The maximum atomic E-state index is 12.5. The van der Waals surface area contributed by atoms with Crippen LogP contribution >= 0.6 is 0 Å². The molecule has 6 heteroatoms. The molecule has 0 amide bonds. The molecule has 0 heterocycles. The normalized spacial score (nSPS) is 11.6. The van der Waals surface area contributed by atoms with Gasteiger partial charge in [-0.3, -0.25) is 0 Å². The Morgan fingerprint density at radius 3 is 2.40 bits per heavy atom. The molecule has 0 fully saturated rings. The van der Waals surface area contributed by atoms with Gasteiger partial charge in [0.05, 0.1) is 4.90 Å². The summed E-state index contributed by atoms with van der Waals surface area (Å²) in [7, 11) is -3.58. The van der Waals surface area contributed by atoms with Gasteiger partial charge in [0.15, 0.2) is 0 Å². The maximum absolute atomic E-state index is 12.5. The van der Waals surface area contributed by atoms with E-state index in [1.807, 2.05) is 0 Å². The van der Waals surface area contributed by atoms with E-state index in [4.69, 9.17) is 5.11 Å². The fourth-order valence-corrected chi connectivity index (χ4v) is 2.06. The molecule has 2 N–H and O–H groups in total. The first-order valence-electron chi connectivity index (χ1n) is 4.42. The molecule has 0 aliphatic carbocycles. The Hall–Kier alpha value is -0.980. The van der Waals surface area contributed by atoms with Crippen LogP contribution in [-0.4, -0.2) is 26.7 Å². The lowest BCUT2D eigenvalue weighted by atomic mass is 10.4. The third kappa shape index (κ3) is 3.58. The van der Waals surface area contributed by atoms with Gasteiger partial charge in [-0.25, -0.2) is 17.5 Å². The largest absolute Gasteiger partial charge is 0.396 e. The van der Waals surface area contributed by atoms with E-state index in [2.05, 4.69) is 4.72 Å². The van der Waals surface area contributed by atoms with Gasteiger partial charge in [0.2, 0.25) is 10.0 Å². The van der Waals surface area contributed by atoms with Gasteiger partial charge in [-0.05, 0) is 30.7 Å². The first kappa shape index (κ1) is 12.1. The van der Waals surface area contributed by atoms with Crippen molar-refractivity contribution in [2.24, 2.45) is 0 Å². The van der Waals surface area contributed by atoms with Crippen LogP contribution in [0.15, 0.2) is 29.2 Å². The number of nitrogens with one attached hydrogen (secondary N) is 1. The summed E-state index contributed by atoms with van der Waals surface area (Å²) in [6, 6.07) is 4.55. The van der Waals surface area contributed by atoms with Crippen molar-refractivity contribution in [3.05, 3.63) is 30.1 Å². The Labute approximate surface area is 87.8 Å². The number of rotatable bonds is 5. The third-order valence-corrected chi connectivity index (χ3v) is 3.23. The van der Waals surface area contributed by atoms with E-state index in [0.717, 1.165) is 12.1 Å². The molecule has 0 saturated heterocycles. The van der Waals surface area contributed by atoms with Crippen molar-refractivity contribution in [1.29, 1.82) is 0 Å². The van der Waals surface area contributed by atoms with E-state index in [1.165, 1.54) is 12.1 Å². The zero-order valence-corrected chi connectivity index (χ0v) is 8.80. The number of halogens is 1. The molecule has 0 bridgehead atoms. The molecule has 15 heavy (non-hydrogen) atoms. The number of hydrogen-bond acceptors (Lipinski definition) is 3. The Kier molecular flexibility index (Phi) is 4.19. The monoisotopic (exact) mass is 233 g/mol. The highest BCUT2D eigenvalue weighted by Crippen LogP contribution is 2.09. The standard InChI is InChI=1S/C9H12FNO3S/c10-8-2-4-9(5-3-8)15(13,14)11-6-1-7-12/h2-5,11-12H,1,6-7H2. The molecule has 4 nitrogen and oxygen atoms in total. The number of aliphatic hydroxyl groups excluding tert-OH is 1. The number of benzene rings is 1. The first-order chi connectivity index (χ1) is 7.06. The van der Waals surface area contributed by atoms with Crippen molar-refractivity contribution < 1.29 is 17.9 Å². The molecule has 1 aromatic rings. The molecule has 0 spiro atoms. The van der Waals surface area contributed by atoms with Gasteiger partial charge in [-0.2, -0.15) is 0 Å². The topological polar surface area (TPSA) is 66.4 Å². The Bertz CT molecular complexity index is 402. The molecule has 0 radical (unpaired) electrons. The van der Waals surface area contributed by atoms with Crippen molar-refractivity contribution >= 4 is 10.0 Å². The van der Waals surface area contributed by atoms with Crippen LogP contribution in [0.4, 0.5) is 4.39 Å². The van der Waals surface area contributed by atoms with E-state index in [0.29, 0.717) is 6.42 Å². The van der Waals surface area contributed by atoms with E-state index in [1.54, 1.807) is 0 Å². The quantitative estimate of drug-likeness (QED) is 0.727. The fourth-order valence-electron chi connectivity index (χ4n) is 0.983. The van der Waals surface area contributed by atoms with Crippen molar-refractivity contribution in [1.82, 2.24) is 4.72 Å². The summed E-state index contributed by atoms with van der Waals surface area (Å²) in [6.45, 7) is 0.0855. The molecule has 0 saturated carbocycles. The Morgan fingerprint density at radius 1 is 1.27 bits per heavy atom. The van der Waals surface area contributed by atoms with Crippen LogP contribution in [0.1, 0.15) is 6.42 Å². The van der Waals surface area contributed by atoms with Gasteiger partial charge >= 0.3 is 0 Å². The minimum Gasteiger partial charge on any atom is -0.396 e. The van der Waals surface area contributed by atoms with E-state index < -0.39 is 15.8 Å². The summed E-state index contributed by atoms with van der Waals surface area (Å²) >= 11 is 0. The van der Waals surface area contributed by atoms with Crippen molar-refractivity contribution in [2.75, 3.05) is 13.2 Å². The molecule has 0 unspecified atom stereocenters. The summed E-state index contributed by atoms with van der Waals surface area (Å²) in [5, 5.41) is 8.49. The minimum atomic E-state index is -3.58. The summed E-state index contributed by atoms with van der Waals surface area (Å²) < 4.78 is 37.8. The second-order valence-electron chi connectivity index (χ2n) is 2.93. The van der Waals surface area contributed by atoms with E-state index >= 15 is 0 Å². The van der Waals surface area contributed by atoms with Gasteiger partial charge in [-0.1, -0.05) is 0 Å². The second-order valence-corrected chi connectivity index (χ2v) is 4.70. The lowest BCUT2D eigenvalue weighted by Gasteiger charge is -2.05. The second kappa shape index (κ2) is 5.20. The maximum Gasteiger partial charge on any atom is 0.240 e. The first-order valence-corrected chi connectivity index (χ1v) is 5.90. The average Bonchev–Trinajstić information content (AvgIpc) is 2.18. The molecule has 0 aliphatic heterocycles. The van der Waals surface area contributed by atoms with Gasteiger partial charge < -0.3 is 5.11 Å². The summed E-state index contributed by atoms with van der Waals surface area (Å²) in [5.41, 5.74) is 0. The zero-order chi connectivity index (χ0) is 11.3. The van der Waals surface area contributed by atoms with Crippen LogP contribution < -0.4 is 4.72 Å². The smallest absolute Gasteiger partial charge is 0.240 e. The minimum absolute atomic E-state index is 0.0156. The van der Waals surface area contributed by atoms with E-state index in [-0.39, 0.29) is 18.0 Å². The van der Waals surface area contributed by atoms with Crippen LogP contribution in [0.3, 0.4) is 0 Å². The lowest BCUT2D eigenvalue weighted by Crippen LogP contribution is -2.25. The average molecular weight is 233 g/mol.